The highest BCUT2D eigenvalue weighted by molar-refractivity contribution is 8.80. The highest BCUT2D eigenvalue weighted by Gasteiger charge is 2.36. The van der Waals surface area contributed by atoms with Crippen LogP contribution in [0.4, 0.5) is 0 Å². The van der Waals surface area contributed by atoms with Crippen molar-refractivity contribution < 1.29 is 0 Å². The molecule has 1 rings (SSSR count). The molecule has 0 aliphatic carbocycles. The van der Waals surface area contributed by atoms with Gasteiger partial charge in [-0.2, -0.15) is 0 Å². The Morgan fingerprint density at radius 2 is 1.92 bits per heavy atom. The van der Waals surface area contributed by atoms with Crippen LogP contribution in [0, 0.1) is 5.92 Å². The molecule has 0 aromatic heterocycles. The van der Waals surface area contributed by atoms with Gasteiger partial charge in [0.25, 0.3) is 0 Å². The van der Waals surface area contributed by atoms with Gasteiger partial charge in [0.1, 0.15) is 0 Å². The van der Waals surface area contributed by atoms with Gasteiger partial charge in [-0.1, -0.05) is 13.8 Å². The van der Waals surface area contributed by atoms with Crippen LogP contribution in [-0.4, -0.2) is 35.7 Å². The molecule has 1 nitrogen and oxygen atoms in total. The molecule has 0 aromatic rings. The van der Waals surface area contributed by atoms with E-state index in [1.807, 2.05) is 0 Å². The molecule has 4 heteroatoms. The third kappa shape index (κ3) is 2.87. The summed E-state index contributed by atoms with van der Waals surface area (Å²) in [6.45, 7) is 9.35. The van der Waals surface area contributed by atoms with Gasteiger partial charge >= 0.3 is 0 Å². The normalized spacial score (nSPS) is 41.3. The van der Waals surface area contributed by atoms with Crippen molar-refractivity contribution in [2.75, 3.05) is 11.6 Å². The summed E-state index contributed by atoms with van der Waals surface area (Å²) in [5.41, 5.74) is 0. The van der Waals surface area contributed by atoms with Crippen molar-refractivity contribution in [3.8, 4) is 0 Å². The van der Waals surface area contributed by atoms with E-state index < -0.39 is 9.50 Å². The minimum atomic E-state index is -0.392. The average molecular weight is 219 g/mol. The maximum atomic E-state index is 3.11. The molecule has 0 N–H and O–H groups in total. The summed E-state index contributed by atoms with van der Waals surface area (Å²) >= 11 is 0. The van der Waals surface area contributed by atoms with E-state index >= 15 is 0 Å². The summed E-state index contributed by atoms with van der Waals surface area (Å²) in [5, 5.41) is 0. The van der Waals surface area contributed by atoms with Gasteiger partial charge < -0.3 is 0 Å². The topological polar surface area (TPSA) is 3.24 Å². The molecule has 0 bridgehead atoms. The number of rotatable bonds is 2. The minimum Gasteiger partial charge on any atom is -0.290 e. The number of hydrogen-bond donors (Lipinski definition) is 0. The van der Waals surface area contributed by atoms with Gasteiger partial charge in [0, 0.05) is 18.0 Å². The first-order chi connectivity index (χ1) is 5.83. The van der Waals surface area contributed by atoms with E-state index in [1.165, 1.54) is 11.6 Å². The number of hydrogen-bond acceptors (Lipinski definition) is 1. The molecule has 1 heterocycles. The Kier molecular flexibility index (Phi) is 3.77. The van der Waals surface area contributed by atoms with Crippen LogP contribution in [0.15, 0.2) is 0 Å². The third-order valence-corrected chi connectivity index (χ3v) is 5.87. The molecule has 3 atom stereocenters. The summed E-state index contributed by atoms with van der Waals surface area (Å²) in [5.74, 6) is 3.53. The SMILES string of the molecule is BS1(P)CC(C(C)C)N(C(C)C)C1. The molecule has 78 valence electrons. The predicted molar refractivity (Wildman–Crippen MR) is 71.2 cm³/mol. The molecule has 0 radical (unpaired) electrons. The lowest BCUT2D eigenvalue weighted by Gasteiger charge is -2.30. The molecule has 1 fully saturated rings. The Balaban J connectivity index is 2.71. The van der Waals surface area contributed by atoms with Gasteiger partial charge in [-0.05, 0) is 25.5 Å². The van der Waals surface area contributed by atoms with Gasteiger partial charge in [0.05, 0.1) is 0 Å². The van der Waals surface area contributed by atoms with Gasteiger partial charge in [0.2, 0.25) is 0 Å². The first-order valence-electron chi connectivity index (χ1n) is 5.10. The summed E-state index contributed by atoms with van der Waals surface area (Å²) in [6, 6.07) is 1.53. The van der Waals surface area contributed by atoms with Crippen molar-refractivity contribution in [2.45, 2.75) is 39.8 Å². The quantitative estimate of drug-likeness (QED) is 0.506. The van der Waals surface area contributed by atoms with E-state index in [2.05, 4.69) is 48.2 Å². The van der Waals surface area contributed by atoms with Gasteiger partial charge in [-0.15, -0.1) is 8.44 Å². The van der Waals surface area contributed by atoms with Gasteiger partial charge in [-0.3, -0.25) is 4.90 Å². The van der Waals surface area contributed by atoms with Crippen LogP contribution in [0.1, 0.15) is 27.7 Å². The second-order valence-corrected chi connectivity index (χ2v) is 11.8. The zero-order chi connectivity index (χ0) is 10.2. The number of nitrogens with zero attached hydrogens (tertiary/aromatic N) is 1. The maximum absolute atomic E-state index is 3.11. The van der Waals surface area contributed by atoms with Crippen LogP contribution in [0.2, 0.25) is 0 Å². The average Bonchev–Trinajstić information content (AvgIpc) is 2.26. The van der Waals surface area contributed by atoms with Crippen LogP contribution >= 0.6 is 17.9 Å². The fraction of sp³-hybridized carbons (Fsp3) is 1.00. The zero-order valence-electron chi connectivity index (χ0n) is 9.58. The molecule has 13 heavy (non-hydrogen) atoms. The van der Waals surface area contributed by atoms with E-state index in [0.29, 0.717) is 6.04 Å². The lowest BCUT2D eigenvalue weighted by atomic mass is 10.0. The fourth-order valence-corrected chi connectivity index (χ4v) is 5.82. The molecule has 1 saturated heterocycles. The molecular weight excluding hydrogens is 196 g/mol. The molecular formula is C9H23BNPS. The van der Waals surface area contributed by atoms with Crippen molar-refractivity contribution in [3.05, 3.63) is 0 Å². The first-order valence-corrected chi connectivity index (χ1v) is 8.96. The second kappa shape index (κ2) is 4.12. The Bertz CT molecular complexity index is 166. The van der Waals surface area contributed by atoms with E-state index in [0.717, 1.165) is 12.0 Å². The zero-order valence-corrected chi connectivity index (χ0v) is 11.6. The van der Waals surface area contributed by atoms with Crippen LogP contribution < -0.4 is 0 Å². The van der Waals surface area contributed by atoms with E-state index in [9.17, 15) is 0 Å². The molecule has 0 aromatic carbocycles. The van der Waals surface area contributed by atoms with Gasteiger partial charge in [-0.25, -0.2) is 9.50 Å². The van der Waals surface area contributed by atoms with E-state index in [-0.39, 0.29) is 0 Å². The maximum Gasteiger partial charge on any atom is 0.158 e. The van der Waals surface area contributed by atoms with Crippen molar-refractivity contribution >= 4 is 25.1 Å². The lowest BCUT2D eigenvalue weighted by molar-refractivity contribution is 0.175. The van der Waals surface area contributed by atoms with E-state index in [4.69, 9.17) is 0 Å². The predicted octanol–water partition coefficient (Wildman–Crippen LogP) is 1.84. The van der Waals surface area contributed by atoms with Crippen LogP contribution in [0.3, 0.4) is 0 Å². The molecule has 0 saturated carbocycles. The van der Waals surface area contributed by atoms with E-state index in [1.54, 1.807) is 0 Å². The minimum absolute atomic E-state index is 0.392. The molecule has 0 spiro atoms. The monoisotopic (exact) mass is 219 g/mol. The summed E-state index contributed by atoms with van der Waals surface area (Å²) < 4.78 is 0. The van der Waals surface area contributed by atoms with Crippen LogP contribution in [0.5, 0.6) is 0 Å². The fourth-order valence-electron chi connectivity index (χ4n) is 2.08. The highest BCUT2D eigenvalue weighted by atomic mass is 32.8. The van der Waals surface area contributed by atoms with Crippen molar-refractivity contribution in [2.24, 2.45) is 5.92 Å². The lowest BCUT2D eigenvalue weighted by Crippen LogP contribution is -2.39. The van der Waals surface area contributed by atoms with Gasteiger partial charge in [0.15, 0.2) is 7.12 Å². The molecule has 1 aliphatic heterocycles. The molecule has 1 aliphatic rings. The smallest absolute Gasteiger partial charge is 0.158 e. The summed E-state index contributed by atoms with van der Waals surface area (Å²) in [6.07, 6.45) is 0. The first kappa shape index (κ1) is 11.9. The van der Waals surface area contributed by atoms with Crippen molar-refractivity contribution in [1.29, 1.82) is 0 Å². The summed E-state index contributed by atoms with van der Waals surface area (Å²) in [4.78, 5) is 2.69. The third-order valence-electron chi connectivity index (χ3n) is 2.85. The molecule has 0 amide bonds. The second-order valence-electron chi connectivity index (χ2n) is 5.07. The van der Waals surface area contributed by atoms with Crippen LogP contribution in [0.25, 0.3) is 0 Å². The summed E-state index contributed by atoms with van der Waals surface area (Å²) in [7, 11) is 5.16. The highest BCUT2D eigenvalue weighted by Crippen LogP contribution is 2.58. The largest absolute Gasteiger partial charge is 0.290 e. The molecule has 3 unspecified atom stereocenters. The Labute approximate surface area is 87.6 Å². The van der Waals surface area contributed by atoms with Crippen molar-refractivity contribution in [3.63, 3.8) is 0 Å². The Hall–Kier alpha value is 0.805. The Morgan fingerprint density at radius 3 is 2.23 bits per heavy atom. The Morgan fingerprint density at radius 1 is 1.38 bits per heavy atom. The van der Waals surface area contributed by atoms with Crippen molar-refractivity contribution in [1.82, 2.24) is 4.90 Å². The van der Waals surface area contributed by atoms with Crippen LogP contribution in [-0.2, 0) is 0 Å². The standard InChI is InChI=1S/C9H23BNPS/c1-7(2)9-5-13(10,12)6-11(9)8(3)4/h7-9H,5-6,10,12H2,1-4H3.